The van der Waals surface area contributed by atoms with Crippen LogP contribution in [0.3, 0.4) is 0 Å². The quantitative estimate of drug-likeness (QED) is 0.211. The first-order valence-electron chi connectivity index (χ1n) is 12.2. The van der Waals surface area contributed by atoms with Crippen molar-refractivity contribution in [3.8, 4) is 5.75 Å². The molecule has 1 heterocycles. The van der Waals surface area contributed by atoms with E-state index in [0.29, 0.717) is 30.6 Å². The van der Waals surface area contributed by atoms with Gasteiger partial charge in [-0.15, -0.1) is 0 Å². The lowest BCUT2D eigenvalue weighted by atomic mass is 10.0. The number of benzene rings is 1. The number of aromatic hydroxyl groups is 1. The maximum Gasteiger partial charge on any atom is 0.326 e. The highest BCUT2D eigenvalue weighted by molar-refractivity contribution is 7.98. The predicted molar refractivity (Wildman–Crippen MR) is 139 cm³/mol. The smallest absolute Gasteiger partial charge is 0.326 e. The molecule has 0 aliphatic carbocycles. The molecule has 2 rings (SSSR count). The van der Waals surface area contributed by atoms with E-state index in [0.717, 1.165) is 13.0 Å². The third-order valence-electron chi connectivity index (χ3n) is 5.95. The minimum Gasteiger partial charge on any atom is -0.508 e. The largest absolute Gasteiger partial charge is 0.508 e. The van der Waals surface area contributed by atoms with Crippen molar-refractivity contribution in [2.45, 2.75) is 70.1 Å². The first-order chi connectivity index (χ1) is 17.1. The van der Waals surface area contributed by atoms with E-state index in [1.54, 1.807) is 23.9 Å². The van der Waals surface area contributed by atoms with Crippen molar-refractivity contribution in [2.24, 2.45) is 5.92 Å². The number of carbonyl (C=O) groups excluding carboxylic acids is 3. The molecule has 4 atom stereocenters. The topological polar surface area (TPSA) is 157 Å². The molecule has 1 aliphatic heterocycles. The summed E-state index contributed by atoms with van der Waals surface area (Å²) in [4.78, 5) is 50.7. The second-order valence-electron chi connectivity index (χ2n) is 9.45. The summed E-state index contributed by atoms with van der Waals surface area (Å²) in [7, 11) is 0. The summed E-state index contributed by atoms with van der Waals surface area (Å²) in [5, 5.41) is 30.3. The van der Waals surface area contributed by atoms with Gasteiger partial charge in [0.2, 0.25) is 17.7 Å². The molecule has 1 saturated heterocycles. The molecule has 0 bridgehead atoms. The fraction of sp³-hybridized carbons (Fsp3) is 0.600. The van der Waals surface area contributed by atoms with E-state index in [2.05, 4.69) is 21.3 Å². The average Bonchev–Trinajstić information content (AvgIpc) is 3.37. The number of carbonyl (C=O) groups is 4. The first-order valence-corrected chi connectivity index (χ1v) is 13.6. The molecule has 11 heteroatoms. The van der Waals surface area contributed by atoms with E-state index in [1.165, 1.54) is 12.1 Å². The fourth-order valence-corrected chi connectivity index (χ4v) is 4.47. The van der Waals surface area contributed by atoms with Crippen LogP contribution in [0.5, 0.6) is 5.75 Å². The van der Waals surface area contributed by atoms with Gasteiger partial charge >= 0.3 is 5.97 Å². The standard InChI is InChI=1S/C25H38N4O6S/c1-15(2)13-20(24(33)29-21(25(34)35)14-16-6-8-17(30)9-7-16)28-23(32)19(10-12-36-3)27-22(31)18-5-4-11-26-18/h6-9,15,18-21,26,30H,4-5,10-14H2,1-3H3,(H,27,31)(H,28,32)(H,29,33)(H,34,35). The van der Waals surface area contributed by atoms with Crippen molar-refractivity contribution in [1.29, 1.82) is 0 Å². The number of nitrogens with one attached hydrogen (secondary N) is 4. The van der Waals surface area contributed by atoms with Crippen molar-refractivity contribution in [2.75, 3.05) is 18.6 Å². The Labute approximate surface area is 216 Å². The Morgan fingerprint density at radius 2 is 1.67 bits per heavy atom. The Balaban J connectivity index is 2.10. The molecule has 0 radical (unpaired) electrons. The van der Waals surface area contributed by atoms with E-state index in [4.69, 9.17) is 0 Å². The SMILES string of the molecule is CSCCC(NC(=O)C1CCCN1)C(=O)NC(CC(C)C)C(=O)NC(Cc1ccc(O)cc1)C(=O)O. The van der Waals surface area contributed by atoms with Crippen LogP contribution in [0, 0.1) is 5.92 Å². The maximum absolute atomic E-state index is 13.2. The lowest BCUT2D eigenvalue weighted by Gasteiger charge is -2.26. The van der Waals surface area contributed by atoms with Crippen LogP contribution in [0.2, 0.25) is 0 Å². The number of thioether (sulfide) groups is 1. The summed E-state index contributed by atoms with van der Waals surface area (Å²) in [5.74, 6) is -1.77. The molecule has 6 N–H and O–H groups in total. The van der Waals surface area contributed by atoms with Gasteiger partial charge in [0.25, 0.3) is 0 Å². The van der Waals surface area contributed by atoms with Gasteiger partial charge in [-0.3, -0.25) is 14.4 Å². The summed E-state index contributed by atoms with van der Waals surface area (Å²) >= 11 is 1.55. The summed E-state index contributed by atoms with van der Waals surface area (Å²) in [6, 6.07) is 2.75. The lowest BCUT2D eigenvalue weighted by molar-refractivity contribution is -0.142. The maximum atomic E-state index is 13.2. The molecular formula is C25H38N4O6S. The number of aliphatic carboxylic acids is 1. The Morgan fingerprint density at radius 1 is 1.03 bits per heavy atom. The van der Waals surface area contributed by atoms with Crippen molar-refractivity contribution in [3.05, 3.63) is 29.8 Å². The Bertz CT molecular complexity index is 889. The van der Waals surface area contributed by atoms with Crippen LogP contribution in [0.25, 0.3) is 0 Å². The minimum atomic E-state index is -1.21. The summed E-state index contributed by atoms with van der Waals surface area (Å²) in [5.41, 5.74) is 0.630. The van der Waals surface area contributed by atoms with E-state index in [1.807, 2.05) is 20.1 Å². The number of carboxylic acid groups (broad SMARTS) is 1. The number of rotatable bonds is 14. The highest BCUT2D eigenvalue weighted by Crippen LogP contribution is 2.13. The molecular weight excluding hydrogens is 484 g/mol. The van der Waals surface area contributed by atoms with Crippen LogP contribution in [0.1, 0.15) is 45.1 Å². The molecule has 1 aromatic carbocycles. The third kappa shape index (κ3) is 9.69. The van der Waals surface area contributed by atoms with Crippen LogP contribution in [-0.2, 0) is 25.6 Å². The van der Waals surface area contributed by atoms with Crippen LogP contribution >= 0.6 is 11.8 Å². The zero-order chi connectivity index (χ0) is 26.7. The molecule has 4 unspecified atom stereocenters. The van der Waals surface area contributed by atoms with Gasteiger partial charge in [-0.05, 0) is 67.9 Å². The number of carboxylic acids is 1. The van der Waals surface area contributed by atoms with Gasteiger partial charge in [0.15, 0.2) is 0 Å². The van der Waals surface area contributed by atoms with Crippen molar-refractivity contribution >= 4 is 35.5 Å². The number of amides is 3. The molecule has 1 aromatic rings. The van der Waals surface area contributed by atoms with E-state index < -0.39 is 35.9 Å². The van der Waals surface area contributed by atoms with Crippen molar-refractivity contribution < 1.29 is 29.4 Å². The van der Waals surface area contributed by atoms with Crippen molar-refractivity contribution in [1.82, 2.24) is 21.3 Å². The van der Waals surface area contributed by atoms with Crippen LogP contribution in [0.4, 0.5) is 0 Å². The van der Waals surface area contributed by atoms with Crippen molar-refractivity contribution in [3.63, 3.8) is 0 Å². The van der Waals surface area contributed by atoms with Crippen LogP contribution in [-0.4, -0.2) is 76.6 Å². The van der Waals surface area contributed by atoms with E-state index in [9.17, 15) is 29.4 Å². The minimum absolute atomic E-state index is 0.0183. The summed E-state index contributed by atoms with van der Waals surface area (Å²) in [6.07, 6.45) is 4.23. The molecule has 10 nitrogen and oxygen atoms in total. The monoisotopic (exact) mass is 522 g/mol. The predicted octanol–water partition coefficient (Wildman–Crippen LogP) is 1.02. The summed E-state index contributed by atoms with van der Waals surface area (Å²) < 4.78 is 0. The summed E-state index contributed by atoms with van der Waals surface area (Å²) in [6.45, 7) is 4.55. The number of hydrogen-bond donors (Lipinski definition) is 6. The third-order valence-corrected chi connectivity index (χ3v) is 6.60. The van der Waals surface area contributed by atoms with Crippen LogP contribution in [0.15, 0.2) is 24.3 Å². The normalized spacial score (nSPS) is 17.7. The van der Waals surface area contributed by atoms with E-state index >= 15 is 0 Å². The molecule has 200 valence electrons. The molecule has 0 spiro atoms. The second kappa shape index (κ2) is 14.7. The van der Waals surface area contributed by atoms with Gasteiger partial charge < -0.3 is 31.5 Å². The molecule has 36 heavy (non-hydrogen) atoms. The zero-order valence-electron chi connectivity index (χ0n) is 21.1. The van der Waals surface area contributed by atoms with Gasteiger partial charge in [0.1, 0.15) is 23.9 Å². The highest BCUT2D eigenvalue weighted by atomic mass is 32.2. The van der Waals surface area contributed by atoms with Gasteiger partial charge in [0, 0.05) is 6.42 Å². The van der Waals surface area contributed by atoms with Crippen LogP contribution < -0.4 is 21.3 Å². The second-order valence-corrected chi connectivity index (χ2v) is 10.4. The average molecular weight is 523 g/mol. The van der Waals surface area contributed by atoms with E-state index in [-0.39, 0.29) is 30.0 Å². The molecule has 0 aromatic heterocycles. The number of phenols is 1. The Morgan fingerprint density at radius 3 is 2.22 bits per heavy atom. The Hall–Kier alpha value is -2.79. The fourth-order valence-electron chi connectivity index (χ4n) is 4.00. The highest BCUT2D eigenvalue weighted by Gasteiger charge is 2.31. The number of phenolic OH excluding ortho intramolecular Hbond substituents is 1. The number of hydrogen-bond acceptors (Lipinski definition) is 7. The van der Waals surface area contributed by atoms with Gasteiger partial charge in [-0.2, -0.15) is 11.8 Å². The van der Waals surface area contributed by atoms with Gasteiger partial charge in [0.05, 0.1) is 6.04 Å². The van der Waals surface area contributed by atoms with Gasteiger partial charge in [-0.1, -0.05) is 26.0 Å². The molecule has 1 aliphatic rings. The molecule has 3 amide bonds. The molecule has 0 saturated carbocycles. The zero-order valence-corrected chi connectivity index (χ0v) is 21.9. The van der Waals surface area contributed by atoms with Gasteiger partial charge in [-0.25, -0.2) is 4.79 Å². The Kier molecular flexibility index (Phi) is 12.0. The molecule has 1 fully saturated rings. The first kappa shape index (κ1) is 29.4. The lowest BCUT2D eigenvalue weighted by Crippen LogP contribution is -2.57.